The summed E-state index contributed by atoms with van der Waals surface area (Å²) in [4.78, 5) is 0. The van der Waals surface area contributed by atoms with E-state index in [1.165, 1.54) is 18.7 Å². The van der Waals surface area contributed by atoms with E-state index < -0.39 is 5.38 Å². The molecular weight excluding hydrogens is 355 g/mol. The highest BCUT2D eigenvalue weighted by molar-refractivity contribution is 9.10. The Hall–Kier alpha value is -1.06. The fourth-order valence-corrected chi connectivity index (χ4v) is 2.83. The molecule has 1 unspecified atom stereocenters. The van der Waals surface area contributed by atoms with Gasteiger partial charge < -0.3 is 4.74 Å². The van der Waals surface area contributed by atoms with Gasteiger partial charge in [-0.3, -0.25) is 0 Å². The number of rotatable bonds is 4. The molecule has 2 aromatic carbocycles. The third-order valence-corrected chi connectivity index (χ3v) is 4.54. The van der Waals surface area contributed by atoms with E-state index >= 15 is 0 Å². The topological polar surface area (TPSA) is 9.23 Å². The van der Waals surface area contributed by atoms with Crippen LogP contribution in [0.1, 0.15) is 41.8 Å². The van der Waals surface area contributed by atoms with Crippen molar-refractivity contribution < 1.29 is 9.13 Å². The molecule has 0 aliphatic carbocycles. The summed E-state index contributed by atoms with van der Waals surface area (Å²) in [6, 6.07) is 11.2. The van der Waals surface area contributed by atoms with Crippen LogP contribution in [0.25, 0.3) is 0 Å². The molecule has 0 amide bonds. The highest BCUT2D eigenvalue weighted by Gasteiger charge is 2.18. The second kappa shape index (κ2) is 6.80. The van der Waals surface area contributed by atoms with Gasteiger partial charge >= 0.3 is 0 Å². The Kier molecular flexibility index (Phi) is 5.28. The van der Waals surface area contributed by atoms with Gasteiger partial charge in [-0.2, -0.15) is 0 Å². The van der Waals surface area contributed by atoms with Gasteiger partial charge in [-0.05, 0) is 39.0 Å². The molecule has 0 radical (unpaired) electrons. The van der Waals surface area contributed by atoms with Gasteiger partial charge in [0.25, 0.3) is 0 Å². The van der Waals surface area contributed by atoms with E-state index in [1.807, 2.05) is 12.1 Å². The monoisotopic (exact) mass is 370 g/mol. The van der Waals surface area contributed by atoms with Gasteiger partial charge in [-0.1, -0.05) is 38.1 Å². The molecule has 1 nitrogen and oxygen atoms in total. The van der Waals surface area contributed by atoms with E-state index in [9.17, 15) is 4.39 Å². The van der Waals surface area contributed by atoms with Crippen LogP contribution >= 0.6 is 27.5 Å². The molecule has 21 heavy (non-hydrogen) atoms. The largest absolute Gasteiger partial charge is 0.496 e. The van der Waals surface area contributed by atoms with Crippen LogP contribution in [0.4, 0.5) is 4.39 Å². The van der Waals surface area contributed by atoms with Crippen LogP contribution < -0.4 is 4.74 Å². The number of hydrogen-bond donors (Lipinski definition) is 0. The lowest BCUT2D eigenvalue weighted by molar-refractivity contribution is 0.406. The summed E-state index contributed by atoms with van der Waals surface area (Å²) < 4.78 is 19.2. The van der Waals surface area contributed by atoms with Gasteiger partial charge in [0, 0.05) is 11.6 Å². The lowest BCUT2D eigenvalue weighted by Crippen LogP contribution is -1.99. The highest BCUT2D eigenvalue weighted by atomic mass is 79.9. The Balaban J connectivity index is 2.39. The standard InChI is InChI=1S/C17H17BrClFO/c1-10(2)11-4-6-12(7-5-11)17(19)13-8-14(18)15(20)9-16(13)21-3/h4-10,17H,1-3H3. The summed E-state index contributed by atoms with van der Waals surface area (Å²) in [7, 11) is 1.51. The Morgan fingerprint density at radius 2 is 1.67 bits per heavy atom. The summed E-state index contributed by atoms with van der Waals surface area (Å²) in [5.41, 5.74) is 2.96. The number of alkyl halides is 1. The summed E-state index contributed by atoms with van der Waals surface area (Å²) >= 11 is 9.74. The zero-order valence-corrected chi connectivity index (χ0v) is 14.5. The third kappa shape index (κ3) is 3.58. The van der Waals surface area contributed by atoms with Gasteiger partial charge in [0.2, 0.25) is 0 Å². The lowest BCUT2D eigenvalue weighted by atomic mass is 9.98. The van der Waals surface area contributed by atoms with Crippen LogP contribution in [-0.4, -0.2) is 7.11 Å². The first-order chi connectivity index (χ1) is 9.93. The minimum absolute atomic E-state index is 0.366. The number of halogens is 3. The van der Waals surface area contributed by atoms with Crippen LogP contribution in [-0.2, 0) is 0 Å². The molecule has 2 aromatic rings. The minimum atomic E-state index is -0.391. The smallest absolute Gasteiger partial charge is 0.141 e. The molecule has 0 aromatic heterocycles. The number of methoxy groups -OCH3 is 1. The number of benzene rings is 2. The normalized spacial score (nSPS) is 12.5. The average Bonchev–Trinajstić information content (AvgIpc) is 2.49. The van der Waals surface area contributed by atoms with Crippen molar-refractivity contribution >= 4 is 27.5 Å². The SMILES string of the molecule is COc1cc(F)c(Br)cc1C(Cl)c1ccc(C(C)C)cc1. The maximum absolute atomic E-state index is 13.6. The fraction of sp³-hybridized carbons (Fsp3) is 0.294. The summed E-state index contributed by atoms with van der Waals surface area (Å²) in [5, 5.41) is -0.391. The first kappa shape index (κ1) is 16.3. The summed E-state index contributed by atoms with van der Waals surface area (Å²) in [6.45, 7) is 4.29. The van der Waals surface area contributed by atoms with Crippen LogP contribution in [0, 0.1) is 5.82 Å². The van der Waals surface area contributed by atoms with Gasteiger partial charge in [-0.25, -0.2) is 4.39 Å². The molecule has 1 atom stereocenters. The van der Waals surface area contributed by atoms with Crippen molar-refractivity contribution in [3.63, 3.8) is 0 Å². The molecule has 0 bridgehead atoms. The molecule has 0 N–H and O–H groups in total. The van der Waals surface area contributed by atoms with Crippen molar-refractivity contribution in [2.45, 2.75) is 25.1 Å². The maximum atomic E-state index is 13.6. The van der Waals surface area contributed by atoms with Gasteiger partial charge in [0.05, 0.1) is 17.0 Å². The Morgan fingerprint density at radius 1 is 1.10 bits per heavy atom. The van der Waals surface area contributed by atoms with Crippen molar-refractivity contribution in [1.82, 2.24) is 0 Å². The van der Waals surface area contributed by atoms with Crippen LogP contribution in [0.3, 0.4) is 0 Å². The molecular formula is C17H17BrClFO. The predicted octanol–water partition coefficient (Wildman–Crippen LogP) is 6.05. The molecule has 112 valence electrons. The van der Waals surface area contributed by atoms with Crippen LogP contribution in [0.5, 0.6) is 5.75 Å². The van der Waals surface area contributed by atoms with E-state index in [2.05, 4.69) is 41.9 Å². The molecule has 4 heteroatoms. The Bertz CT molecular complexity index is 625. The quantitative estimate of drug-likeness (QED) is 0.595. The molecule has 0 aliphatic heterocycles. The number of ether oxygens (including phenoxy) is 1. The van der Waals surface area contributed by atoms with E-state index in [4.69, 9.17) is 16.3 Å². The molecule has 0 fully saturated rings. The maximum Gasteiger partial charge on any atom is 0.141 e. The zero-order chi connectivity index (χ0) is 15.6. The van der Waals surface area contributed by atoms with Gasteiger partial charge in [0.1, 0.15) is 11.6 Å². The summed E-state index contributed by atoms with van der Waals surface area (Å²) in [5.74, 6) is 0.556. The van der Waals surface area contributed by atoms with E-state index in [0.29, 0.717) is 16.1 Å². The van der Waals surface area contributed by atoms with Gasteiger partial charge in [-0.15, -0.1) is 11.6 Å². The van der Waals surface area contributed by atoms with Crippen molar-refractivity contribution in [2.75, 3.05) is 7.11 Å². The highest BCUT2D eigenvalue weighted by Crippen LogP contribution is 2.38. The molecule has 0 saturated carbocycles. The van der Waals surface area contributed by atoms with Crippen molar-refractivity contribution in [2.24, 2.45) is 0 Å². The first-order valence-electron chi connectivity index (χ1n) is 6.71. The predicted molar refractivity (Wildman–Crippen MR) is 88.9 cm³/mol. The van der Waals surface area contributed by atoms with Crippen molar-refractivity contribution in [3.05, 3.63) is 63.4 Å². The average molecular weight is 372 g/mol. The molecule has 0 heterocycles. The summed E-state index contributed by atoms with van der Waals surface area (Å²) in [6.07, 6.45) is 0. The fourth-order valence-electron chi connectivity index (χ4n) is 2.15. The first-order valence-corrected chi connectivity index (χ1v) is 7.93. The molecule has 0 saturated heterocycles. The van der Waals surface area contributed by atoms with Gasteiger partial charge in [0.15, 0.2) is 0 Å². The van der Waals surface area contributed by atoms with Crippen LogP contribution in [0.2, 0.25) is 0 Å². The van der Waals surface area contributed by atoms with Crippen LogP contribution in [0.15, 0.2) is 40.9 Å². The zero-order valence-electron chi connectivity index (χ0n) is 12.2. The molecule has 0 aliphatic rings. The van der Waals surface area contributed by atoms with E-state index in [0.717, 1.165) is 11.1 Å². The Labute approximate surface area is 138 Å². The van der Waals surface area contributed by atoms with Crippen molar-refractivity contribution in [3.8, 4) is 5.75 Å². The second-order valence-electron chi connectivity index (χ2n) is 5.19. The lowest BCUT2D eigenvalue weighted by Gasteiger charge is -2.16. The Morgan fingerprint density at radius 3 is 2.19 bits per heavy atom. The molecule has 2 rings (SSSR count). The number of hydrogen-bond acceptors (Lipinski definition) is 1. The third-order valence-electron chi connectivity index (χ3n) is 3.44. The van der Waals surface area contributed by atoms with E-state index in [1.54, 1.807) is 6.07 Å². The van der Waals surface area contributed by atoms with Crippen molar-refractivity contribution in [1.29, 1.82) is 0 Å². The van der Waals surface area contributed by atoms with E-state index in [-0.39, 0.29) is 5.82 Å². The minimum Gasteiger partial charge on any atom is -0.496 e. The second-order valence-corrected chi connectivity index (χ2v) is 6.48. The molecule has 0 spiro atoms.